The topological polar surface area (TPSA) is 95.0 Å². The number of nitrogens with one attached hydrogen (secondary N) is 1. The number of hydrogen-bond donors (Lipinski definition) is 1. The fourth-order valence-electron chi connectivity index (χ4n) is 5.11. The van der Waals surface area contributed by atoms with Crippen LogP contribution in [0.15, 0.2) is 18.2 Å². The molecule has 2 aromatic heterocycles. The molecule has 10 heteroatoms. The van der Waals surface area contributed by atoms with Crippen LogP contribution in [0.1, 0.15) is 48.6 Å². The van der Waals surface area contributed by atoms with Crippen molar-refractivity contribution in [3.63, 3.8) is 0 Å². The predicted octanol–water partition coefficient (Wildman–Crippen LogP) is 5.05. The van der Waals surface area contributed by atoms with Crippen LogP contribution in [0.2, 0.25) is 0 Å². The summed E-state index contributed by atoms with van der Waals surface area (Å²) < 4.78 is 21.3. The Morgan fingerprint density at radius 2 is 2.00 bits per heavy atom. The fraction of sp³-hybridized carbons (Fsp3) is 0.500. The molecule has 3 aromatic rings. The van der Waals surface area contributed by atoms with Gasteiger partial charge in [-0.1, -0.05) is 6.07 Å². The Balaban J connectivity index is 1.24. The van der Waals surface area contributed by atoms with Crippen molar-refractivity contribution in [1.82, 2.24) is 9.97 Å². The minimum absolute atomic E-state index is 0.137. The van der Waals surface area contributed by atoms with Gasteiger partial charge in [0, 0.05) is 37.4 Å². The zero-order valence-electron chi connectivity index (χ0n) is 20.4. The first-order valence-electron chi connectivity index (χ1n) is 12.7. The lowest BCUT2D eigenvalue weighted by atomic mass is 9.97. The van der Waals surface area contributed by atoms with Gasteiger partial charge < -0.3 is 29.2 Å². The third-order valence-electron chi connectivity index (χ3n) is 6.95. The van der Waals surface area contributed by atoms with Crippen molar-refractivity contribution in [2.45, 2.75) is 58.1 Å². The average molecular weight is 511 g/mol. The second-order valence-electron chi connectivity index (χ2n) is 9.29. The molecule has 0 amide bonds. The number of piperidine rings is 1. The van der Waals surface area contributed by atoms with Crippen LogP contribution in [0.3, 0.4) is 0 Å². The van der Waals surface area contributed by atoms with E-state index in [0.717, 1.165) is 72.4 Å². The number of hydrogen-bond acceptors (Lipinski definition) is 10. The summed E-state index contributed by atoms with van der Waals surface area (Å²) in [6.07, 6.45) is 5.35. The van der Waals surface area contributed by atoms with Gasteiger partial charge in [-0.05, 0) is 55.9 Å². The smallest absolute Gasteiger partial charge is 0.454 e. The van der Waals surface area contributed by atoms with E-state index < -0.39 is 6.16 Å². The highest BCUT2D eigenvalue weighted by molar-refractivity contribution is 7.19. The first-order chi connectivity index (χ1) is 17.7. The Kier molecular flexibility index (Phi) is 6.43. The molecule has 0 bridgehead atoms. The Hall–Kier alpha value is -3.27. The van der Waals surface area contributed by atoms with Crippen LogP contribution in [0.5, 0.6) is 11.5 Å². The van der Waals surface area contributed by atoms with Gasteiger partial charge in [-0.25, -0.2) is 9.78 Å². The van der Waals surface area contributed by atoms with E-state index in [4.69, 9.17) is 28.9 Å². The standard InChI is InChI=1S/C26H30N4O5S/c1-2-32-26(31)35-17-9-11-30(12-10-17)25-28-23(22-18-5-3-4-6-21(18)36-24(22)29-25)27-14-16-7-8-19-20(13-16)34-15-33-19/h7-8,13,17H,2-6,9-12,14-15H2,1H3,(H,27,28,29). The minimum Gasteiger partial charge on any atom is -0.454 e. The molecule has 0 radical (unpaired) electrons. The maximum atomic E-state index is 11.7. The van der Waals surface area contributed by atoms with Gasteiger partial charge in [0.2, 0.25) is 12.7 Å². The molecule has 1 saturated heterocycles. The lowest BCUT2D eigenvalue weighted by Gasteiger charge is -2.31. The number of carbonyl (C=O) groups is 1. The summed E-state index contributed by atoms with van der Waals surface area (Å²) in [6.45, 7) is 4.44. The van der Waals surface area contributed by atoms with Crippen LogP contribution in [-0.2, 0) is 28.9 Å². The molecule has 6 rings (SSSR count). The lowest BCUT2D eigenvalue weighted by molar-refractivity contribution is 0.0183. The monoisotopic (exact) mass is 510 g/mol. The molecule has 36 heavy (non-hydrogen) atoms. The molecule has 2 aliphatic heterocycles. The van der Waals surface area contributed by atoms with Crippen molar-refractivity contribution in [2.24, 2.45) is 0 Å². The second kappa shape index (κ2) is 10.0. The van der Waals surface area contributed by atoms with Gasteiger partial charge in [-0.15, -0.1) is 11.3 Å². The quantitative estimate of drug-likeness (QED) is 0.457. The molecule has 1 N–H and O–H groups in total. The van der Waals surface area contributed by atoms with Crippen molar-refractivity contribution in [3.05, 3.63) is 34.2 Å². The average Bonchev–Trinajstić information content (AvgIpc) is 3.52. The molecule has 9 nitrogen and oxygen atoms in total. The SMILES string of the molecule is CCOC(=O)OC1CCN(c2nc(NCc3ccc4c(c3)OCO4)c3c4c(sc3n2)CCCC4)CC1. The van der Waals surface area contributed by atoms with Crippen molar-refractivity contribution in [2.75, 3.05) is 36.7 Å². The van der Waals surface area contributed by atoms with E-state index in [1.807, 2.05) is 12.1 Å². The van der Waals surface area contributed by atoms with Gasteiger partial charge in [0.15, 0.2) is 11.5 Å². The largest absolute Gasteiger partial charge is 0.508 e. The predicted molar refractivity (Wildman–Crippen MR) is 137 cm³/mol. The number of rotatable bonds is 6. The van der Waals surface area contributed by atoms with Crippen molar-refractivity contribution in [3.8, 4) is 11.5 Å². The first kappa shape index (κ1) is 23.1. The Morgan fingerprint density at radius 3 is 2.86 bits per heavy atom. The van der Waals surface area contributed by atoms with Gasteiger partial charge in [-0.3, -0.25) is 0 Å². The number of ether oxygens (including phenoxy) is 4. The number of fused-ring (bicyclic) bond motifs is 4. The molecule has 190 valence electrons. The Labute approximate surface area is 213 Å². The number of benzene rings is 1. The molecular weight excluding hydrogens is 480 g/mol. The summed E-state index contributed by atoms with van der Waals surface area (Å²) in [6, 6.07) is 6.03. The van der Waals surface area contributed by atoms with Gasteiger partial charge >= 0.3 is 6.16 Å². The normalized spacial score (nSPS) is 17.2. The van der Waals surface area contributed by atoms with E-state index in [1.165, 1.54) is 28.7 Å². The van der Waals surface area contributed by atoms with Crippen LogP contribution in [0.4, 0.5) is 16.6 Å². The van der Waals surface area contributed by atoms with Gasteiger partial charge in [0.05, 0.1) is 12.0 Å². The Bertz CT molecular complexity index is 1270. The van der Waals surface area contributed by atoms with Gasteiger partial charge in [0.25, 0.3) is 0 Å². The van der Waals surface area contributed by atoms with E-state index in [-0.39, 0.29) is 12.9 Å². The molecule has 4 heterocycles. The maximum absolute atomic E-state index is 11.7. The van der Waals surface area contributed by atoms with Crippen LogP contribution in [0.25, 0.3) is 10.2 Å². The minimum atomic E-state index is -0.590. The van der Waals surface area contributed by atoms with Crippen molar-refractivity contribution >= 4 is 39.5 Å². The summed E-state index contributed by atoms with van der Waals surface area (Å²) in [5.41, 5.74) is 2.51. The number of aromatic nitrogens is 2. The highest BCUT2D eigenvalue weighted by Gasteiger charge is 2.27. The number of thiophene rings is 1. The van der Waals surface area contributed by atoms with E-state index >= 15 is 0 Å². The number of carbonyl (C=O) groups excluding carboxylic acids is 1. The summed E-state index contributed by atoms with van der Waals surface area (Å²) in [7, 11) is 0. The lowest BCUT2D eigenvalue weighted by Crippen LogP contribution is -2.39. The summed E-state index contributed by atoms with van der Waals surface area (Å²) in [5.74, 6) is 3.18. The number of aryl methyl sites for hydroxylation is 2. The molecule has 1 aromatic carbocycles. The summed E-state index contributed by atoms with van der Waals surface area (Å²) in [5, 5.41) is 4.77. The third kappa shape index (κ3) is 4.61. The van der Waals surface area contributed by atoms with Crippen LogP contribution < -0.4 is 19.7 Å². The molecule has 0 unspecified atom stereocenters. The van der Waals surface area contributed by atoms with E-state index in [0.29, 0.717) is 13.2 Å². The molecule has 0 spiro atoms. The number of nitrogens with zero attached hydrogens (tertiary/aromatic N) is 3. The van der Waals surface area contributed by atoms with Gasteiger partial charge in [-0.2, -0.15) is 4.98 Å². The van der Waals surface area contributed by atoms with Crippen LogP contribution in [-0.4, -0.2) is 48.7 Å². The summed E-state index contributed by atoms with van der Waals surface area (Å²) >= 11 is 1.80. The van der Waals surface area contributed by atoms with Crippen molar-refractivity contribution < 1.29 is 23.7 Å². The molecular formula is C26H30N4O5S. The van der Waals surface area contributed by atoms with E-state index in [9.17, 15) is 4.79 Å². The Morgan fingerprint density at radius 1 is 1.17 bits per heavy atom. The second-order valence-corrected chi connectivity index (χ2v) is 10.4. The fourth-order valence-corrected chi connectivity index (χ4v) is 6.37. The van der Waals surface area contributed by atoms with Gasteiger partial charge in [0.1, 0.15) is 16.8 Å². The molecule has 0 atom stereocenters. The molecule has 3 aliphatic rings. The summed E-state index contributed by atoms with van der Waals surface area (Å²) in [4.78, 5) is 26.4. The van der Waals surface area contributed by atoms with Crippen LogP contribution in [0, 0.1) is 0 Å². The first-order valence-corrected chi connectivity index (χ1v) is 13.5. The number of anilines is 2. The molecule has 1 fully saturated rings. The highest BCUT2D eigenvalue weighted by Crippen LogP contribution is 2.40. The maximum Gasteiger partial charge on any atom is 0.508 e. The van der Waals surface area contributed by atoms with E-state index in [2.05, 4.69) is 16.3 Å². The third-order valence-corrected chi connectivity index (χ3v) is 8.14. The van der Waals surface area contributed by atoms with Crippen LogP contribution >= 0.6 is 11.3 Å². The van der Waals surface area contributed by atoms with Crippen molar-refractivity contribution in [1.29, 1.82) is 0 Å². The molecule has 1 aliphatic carbocycles. The van der Waals surface area contributed by atoms with E-state index in [1.54, 1.807) is 18.3 Å². The zero-order valence-corrected chi connectivity index (χ0v) is 21.2. The molecule has 0 saturated carbocycles. The highest BCUT2D eigenvalue weighted by atomic mass is 32.1. The zero-order chi connectivity index (χ0) is 24.5.